The third kappa shape index (κ3) is 1.98. The van der Waals surface area contributed by atoms with E-state index in [1.165, 1.54) is 0 Å². The molecule has 1 fully saturated rings. The van der Waals surface area contributed by atoms with E-state index in [4.69, 9.17) is 22.7 Å². The Balaban J connectivity index is 2.37. The highest BCUT2D eigenvalue weighted by Crippen LogP contribution is 2.25. The topological polar surface area (TPSA) is 60.2 Å². The summed E-state index contributed by atoms with van der Waals surface area (Å²) in [5.41, 5.74) is 5.35. The van der Waals surface area contributed by atoms with E-state index in [2.05, 4.69) is 10.3 Å². The fraction of sp³-hybridized carbons (Fsp3) is 0.400. The maximum atomic E-state index is 13.3. The Morgan fingerprint density at radius 2 is 2.50 bits per heavy atom. The maximum Gasteiger partial charge on any atom is 0.123 e. The Bertz CT molecular complexity index is 415. The van der Waals surface area contributed by atoms with Crippen molar-refractivity contribution < 1.29 is 9.13 Å². The zero-order chi connectivity index (χ0) is 11.6. The number of ether oxygens (including phenoxy) is 1. The molecule has 0 radical (unpaired) electrons. The molecule has 0 spiro atoms. The van der Waals surface area contributed by atoms with Crippen molar-refractivity contribution in [1.29, 1.82) is 0 Å². The molecule has 1 saturated heterocycles. The number of nitrogens with zero attached hydrogens (tertiary/aromatic N) is 1. The lowest BCUT2D eigenvalue weighted by atomic mass is 9.92. The van der Waals surface area contributed by atoms with Crippen molar-refractivity contribution >= 4 is 23.0 Å². The first-order valence-electron chi connectivity index (χ1n) is 4.83. The SMILES string of the molecule is Nc1cc(C2(CF)COCC(=S)N2)ccn1. The van der Waals surface area contributed by atoms with Crippen molar-refractivity contribution in [1.82, 2.24) is 10.3 Å². The third-order valence-electron chi connectivity index (χ3n) is 2.52. The van der Waals surface area contributed by atoms with Crippen LogP contribution in [0.15, 0.2) is 18.3 Å². The normalized spacial score (nSPS) is 25.2. The van der Waals surface area contributed by atoms with E-state index in [0.717, 1.165) is 0 Å². The molecule has 2 rings (SSSR count). The number of pyridine rings is 1. The number of hydrogen-bond acceptors (Lipinski definition) is 4. The summed E-state index contributed by atoms with van der Waals surface area (Å²) in [6, 6.07) is 3.34. The predicted molar refractivity (Wildman–Crippen MR) is 62.9 cm³/mol. The number of nitrogen functional groups attached to an aromatic ring is 1. The lowest BCUT2D eigenvalue weighted by Crippen LogP contribution is -2.55. The van der Waals surface area contributed by atoms with Gasteiger partial charge in [0, 0.05) is 6.20 Å². The summed E-state index contributed by atoms with van der Waals surface area (Å²) >= 11 is 5.00. The molecule has 1 aromatic heterocycles. The standard InChI is InChI=1S/C10H12FN3OS/c11-5-10(6-15-4-9(16)14-10)7-1-2-13-8(12)3-7/h1-3H,4-6H2,(H2,12,13)(H,14,16). The van der Waals surface area contributed by atoms with Gasteiger partial charge in [-0.05, 0) is 17.7 Å². The predicted octanol–water partition coefficient (Wildman–Crippen LogP) is 0.776. The monoisotopic (exact) mass is 241 g/mol. The van der Waals surface area contributed by atoms with Crippen LogP contribution in [0.1, 0.15) is 5.56 Å². The largest absolute Gasteiger partial charge is 0.384 e. The summed E-state index contributed by atoms with van der Waals surface area (Å²) in [6.45, 7) is -0.0542. The van der Waals surface area contributed by atoms with Crippen molar-refractivity contribution in [3.8, 4) is 0 Å². The first-order chi connectivity index (χ1) is 7.66. The van der Waals surface area contributed by atoms with Gasteiger partial charge in [0.25, 0.3) is 0 Å². The zero-order valence-electron chi connectivity index (χ0n) is 8.57. The van der Waals surface area contributed by atoms with Gasteiger partial charge in [0.2, 0.25) is 0 Å². The summed E-state index contributed by atoms with van der Waals surface area (Å²) in [5.74, 6) is 0.351. The minimum atomic E-state index is -0.924. The van der Waals surface area contributed by atoms with E-state index < -0.39 is 12.2 Å². The van der Waals surface area contributed by atoms with Gasteiger partial charge in [0.05, 0.1) is 13.2 Å². The van der Waals surface area contributed by atoms with E-state index in [0.29, 0.717) is 23.0 Å². The van der Waals surface area contributed by atoms with Crippen molar-refractivity contribution in [2.45, 2.75) is 5.54 Å². The van der Waals surface area contributed by atoms with Crippen LogP contribution in [0, 0.1) is 0 Å². The molecule has 0 amide bonds. The van der Waals surface area contributed by atoms with Crippen LogP contribution in [-0.4, -0.2) is 29.9 Å². The van der Waals surface area contributed by atoms with Crippen LogP contribution >= 0.6 is 12.2 Å². The average Bonchev–Trinajstić information content (AvgIpc) is 2.29. The van der Waals surface area contributed by atoms with E-state index >= 15 is 0 Å². The quantitative estimate of drug-likeness (QED) is 0.749. The summed E-state index contributed by atoms with van der Waals surface area (Å²) in [7, 11) is 0. The number of thiocarbonyl (C=S) groups is 1. The Morgan fingerprint density at radius 1 is 1.69 bits per heavy atom. The molecular formula is C10H12FN3OS. The molecule has 1 aliphatic heterocycles. The summed E-state index contributed by atoms with van der Waals surface area (Å²) < 4.78 is 18.5. The van der Waals surface area contributed by atoms with Crippen molar-refractivity contribution in [3.05, 3.63) is 23.9 Å². The molecule has 86 valence electrons. The number of hydrogen-bond donors (Lipinski definition) is 2. The van der Waals surface area contributed by atoms with E-state index in [1.807, 2.05) is 0 Å². The molecule has 0 bridgehead atoms. The number of morpholine rings is 1. The molecule has 3 N–H and O–H groups in total. The van der Waals surface area contributed by atoms with Crippen LogP contribution in [0.4, 0.5) is 10.2 Å². The number of aromatic nitrogens is 1. The van der Waals surface area contributed by atoms with Gasteiger partial charge in [-0.15, -0.1) is 0 Å². The molecule has 6 heteroatoms. The van der Waals surface area contributed by atoms with Gasteiger partial charge in [-0.3, -0.25) is 0 Å². The number of anilines is 1. The molecule has 0 aliphatic carbocycles. The van der Waals surface area contributed by atoms with E-state index in [-0.39, 0.29) is 6.61 Å². The van der Waals surface area contributed by atoms with Gasteiger partial charge in [-0.1, -0.05) is 12.2 Å². The molecule has 1 unspecified atom stereocenters. The van der Waals surface area contributed by atoms with E-state index in [1.54, 1.807) is 18.3 Å². The molecular weight excluding hydrogens is 229 g/mol. The number of rotatable bonds is 2. The minimum Gasteiger partial charge on any atom is -0.384 e. The van der Waals surface area contributed by atoms with Gasteiger partial charge in [0.1, 0.15) is 23.0 Å². The fourth-order valence-electron chi connectivity index (χ4n) is 1.71. The Labute approximate surface area is 98.0 Å². The molecule has 4 nitrogen and oxygen atoms in total. The van der Waals surface area contributed by atoms with Gasteiger partial charge < -0.3 is 15.8 Å². The number of alkyl halides is 1. The van der Waals surface area contributed by atoms with Crippen molar-refractivity contribution in [2.24, 2.45) is 0 Å². The second-order valence-corrected chi connectivity index (χ2v) is 4.22. The second-order valence-electron chi connectivity index (χ2n) is 3.73. The average molecular weight is 241 g/mol. The van der Waals surface area contributed by atoms with Crippen LogP contribution in [0.2, 0.25) is 0 Å². The molecule has 0 aromatic carbocycles. The van der Waals surface area contributed by atoms with Gasteiger partial charge >= 0.3 is 0 Å². The molecule has 1 atom stereocenters. The third-order valence-corrected chi connectivity index (χ3v) is 2.74. The molecule has 1 aromatic rings. The molecule has 2 heterocycles. The first-order valence-corrected chi connectivity index (χ1v) is 5.24. The minimum absolute atomic E-state index is 0.229. The summed E-state index contributed by atoms with van der Waals surface area (Å²) in [4.78, 5) is 4.37. The smallest absolute Gasteiger partial charge is 0.123 e. The van der Waals surface area contributed by atoms with Gasteiger partial charge in [-0.25, -0.2) is 9.37 Å². The maximum absolute atomic E-state index is 13.3. The lowest BCUT2D eigenvalue weighted by molar-refractivity contribution is 0.0632. The molecule has 1 aliphatic rings. The Morgan fingerprint density at radius 3 is 3.12 bits per heavy atom. The van der Waals surface area contributed by atoms with Crippen LogP contribution in [0.25, 0.3) is 0 Å². The number of nitrogens with one attached hydrogen (secondary N) is 1. The Kier molecular flexibility index (Phi) is 3.02. The summed E-state index contributed by atoms with van der Waals surface area (Å²) in [5, 5.41) is 2.97. The highest BCUT2D eigenvalue weighted by atomic mass is 32.1. The van der Waals surface area contributed by atoms with Crippen LogP contribution < -0.4 is 11.1 Å². The van der Waals surface area contributed by atoms with Gasteiger partial charge in [-0.2, -0.15) is 0 Å². The molecule has 16 heavy (non-hydrogen) atoms. The van der Waals surface area contributed by atoms with E-state index in [9.17, 15) is 4.39 Å². The number of nitrogens with two attached hydrogens (primary N) is 1. The zero-order valence-corrected chi connectivity index (χ0v) is 9.39. The molecule has 0 saturated carbocycles. The van der Waals surface area contributed by atoms with Crippen LogP contribution in [0.5, 0.6) is 0 Å². The van der Waals surface area contributed by atoms with Crippen molar-refractivity contribution in [2.75, 3.05) is 25.6 Å². The highest BCUT2D eigenvalue weighted by Gasteiger charge is 2.36. The lowest BCUT2D eigenvalue weighted by Gasteiger charge is -2.37. The van der Waals surface area contributed by atoms with Gasteiger partial charge in [0.15, 0.2) is 0 Å². The highest BCUT2D eigenvalue weighted by molar-refractivity contribution is 7.80. The van der Waals surface area contributed by atoms with Crippen molar-refractivity contribution in [3.63, 3.8) is 0 Å². The summed E-state index contributed by atoms with van der Waals surface area (Å²) in [6.07, 6.45) is 1.54. The van der Waals surface area contributed by atoms with Crippen LogP contribution in [0.3, 0.4) is 0 Å². The first kappa shape index (κ1) is 11.2. The fourth-order valence-corrected chi connectivity index (χ4v) is 1.99. The second kappa shape index (κ2) is 4.31. The Hall–Kier alpha value is -1.27. The van der Waals surface area contributed by atoms with Crippen LogP contribution in [-0.2, 0) is 10.3 Å². The number of halogens is 1.